The van der Waals surface area contributed by atoms with E-state index in [1.165, 1.54) is 0 Å². The summed E-state index contributed by atoms with van der Waals surface area (Å²) in [7, 11) is 0. The number of H-pyrrole nitrogens is 2. The molecule has 0 unspecified atom stereocenters. The summed E-state index contributed by atoms with van der Waals surface area (Å²) in [5.41, 5.74) is 11.3. The smallest absolute Gasteiger partial charge is 0.278 e. The SMILES string of the molecule is NCCCCc1nc2nc(N)[nH]c(=O)c2[nH]1. The lowest BCUT2D eigenvalue weighted by Gasteiger charge is -1.93. The van der Waals surface area contributed by atoms with E-state index < -0.39 is 0 Å². The molecule has 0 saturated heterocycles. The molecule has 2 rings (SSSR count). The summed E-state index contributed by atoms with van der Waals surface area (Å²) in [6.45, 7) is 0.659. The average Bonchev–Trinajstić information content (AvgIpc) is 2.61. The minimum Gasteiger partial charge on any atom is -0.369 e. The Kier molecular flexibility index (Phi) is 2.86. The molecule has 2 heterocycles. The summed E-state index contributed by atoms with van der Waals surface area (Å²) < 4.78 is 0. The highest BCUT2D eigenvalue weighted by Crippen LogP contribution is 2.07. The normalized spacial score (nSPS) is 11.1. The topological polar surface area (TPSA) is 126 Å². The van der Waals surface area contributed by atoms with E-state index in [0.29, 0.717) is 17.7 Å². The predicted octanol–water partition coefficient (Wildman–Crippen LogP) is -0.490. The number of nitrogens with two attached hydrogens (primary N) is 2. The van der Waals surface area contributed by atoms with E-state index in [4.69, 9.17) is 11.5 Å². The summed E-state index contributed by atoms with van der Waals surface area (Å²) in [5.74, 6) is 0.824. The van der Waals surface area contributed by atoms with Gasteiger partial charge in [0.1, 0.15) is 5.82 Å². The number of hydrogen-bond donors (Lipinski definition) is 4. The summed E-state index contributed by atoms with van der Waals surface area (Å²) in [6.07, 6.45) is 2.62. The third-order valence-electron chi connectivity index (χ3n) is 2.30. The molecule has 6 N–H and O–H groups in total. The van der Waals surface area contributed by atoms with E-state index in [1.54, 1.807) is 0 Å². The van der Waals surface area contributed by atoms with Crippen molar-refractivity contribution in [1.82, 2.24) is 19.9 Å². The molecule has 7 heteroatoms. The second-order valence-corrected chi connectivity index (χ2v) is 3.58. The van der Waals surface area contributed by atoms with Crippen LogP contribution in [0.3, 0.4) is 0 Å². The first kappa shape index (κ1) is 10.6. The fourth-order valence-corrected chi connectivity index (χ4v) is 1.53. The molecule has 0 aliphatic rings. The predicted molar refractivity (Wildman–Crippen MR) is 60.9 cm³/mol. The second-order valence-electron chi connectivity index (χ2n) is 3.58. The van der Waals surface area contributed by atoms with Crippen molar-refractivity contribution >= 4 is 17.1 Å². The van der Waals surface area contributed by atoms with Gasteiger partial charge in [-0.1, -0.05) is 0 Å². The number of aromatic nitrogens is 4. The Morgan fingerprint density at radius 2 is 2.00 bits per heavy atom. The van der Waals surface area contributed by atoms with Crippen LogP contribution in [0.15, 0.2) is 4.79 Å². The van der Waals surface area contributed by atoms with Crippen molar-refractivity contribution in [2.75, 3.05) is 12.3 Å². The van der Waals surface area contributed by atoms with E-state index in [1.807, 2.05) is 0 Å². The minimum atomic E-state index is -0.292. The van der Waals surface area contributed by atoms with E-state index in [9.17, 15) is 4.79 Å². The number of anilines is 1. The van der Waals surface area contributed by atoms with Crippen LogP contribution in [0.1, 0.15) is 18.7 Å². The molecule has 0 amide bonds. The molecule has 2 aromatic rings. The first-order valence-electron chi connectivity index (χ1n) is 5.15. The summed E-state index contributed by atoms with van der Waals surface area (Å²) in [6, 6.07) is 0. The molecule has 0 aliphatic heterocycles. The van der Waals surface area contributed by atoms with Gasteiger partial charge in [0.25, 0.3) is 5.56 Å². The highest BCUT2D eigenvalue weighted by atomic mass is 16.1. The van der Waals surface area contributed by atoms with Crippen molar-refractivity contribution in [3.05, 3.63) is 16.2 Å². The van der Waals surface area contributed by atoms with Crippen LogP contribution in [-0.4, -0.2) is 26.5 Å². The Morgan fingerprint density at radius 3 is 2.75 bits per heavy atom. The van der Waals surface area contributed by atoms with Crippen LogP contribution in [0.2, 0.25) is 0 Å². The number of unbranched alkanes of at least 4 members (excludes halogenated alkanes) is 1. The zero-order valence-electron chi connectivity index (χ0n) is 8.79. The van der Waals surface area contributed by atoms with Crippen LogP contribution in [0.4, 0.5) is 5.95 Å². The van der Waals surface area contributed by atoms with Crippen LogP contribution >= 0.6 is 0 Å². The van der Waals surface area contributed by atoms with Gasteiger partial charge in [-0.2, -0.15) is 4.98 Å². The van der Waals surface area contributed by atoms with Crippen molar-refractivity contribution < 1.29 is 0 Å². The van der Waals surface area contributed by atoms with Crippen LogP contribution < -0.4 is 17.0 Å². The van der Waals surface area contributed by atoms with Gasteiger partial charge in [-0.15, -0.1) is 0 Å². The molecule has 0 aromatic carbocycles. The van der Waals surface area contributed by atoms with Crippen molar-refractivity contribution in [3.63, 3.8) is 0 Å². The molecular weight excluding hydrogens is 208 g/mol. The number of imidazole rings is 1. The lowest BCUT2D eigenvalue weighted by Crippen LogP contribution is -2.10. The fourth-order valence-electron chi connectivity index (χ4n) is 1.53. The standard InChI is InChI=1S/C9H14N6O/c10-4-2-1-3-5-12-6-7(13-5)14-9(11)15-8(6)16/h1-4,10H2,(H4,11,12,13,14,15,16). The minimum absolute atomic E-state index is 0.0810. The van der Waals surface area contributed by atoms with Crippen molar-refractivity contribution in [2.24, 2.45) is 5.73 Å². The maximum absolute atomic E-state index is 11.5. The average molecular weight is 222 g/mol. The molecule has 0 aliphatic carbocycles. The van der Waals surface area contributed by atoms with Gasteiger partial charge in [0, 0.05) is 6.42 Å². The highest BCUT2D eigenvalue weighted by molar-refractivity contribution is 5.70. The third kappa shape index (κ3) is 2.03. The Morgan fingerprint density at radius 1 is 1.19 bits per heavy atom. The van der Waals surface area contributed by atoms with E-state index in [2.05, 4.69) is 19.9 Å². The maximum atomic E-state index is 11.5. The Hall–Kier alpha value is -1.89. The number of fused-ring (bicyclic) bond motifs is 1. The van der Waals surface area contributed by atoms with Crippen LogP contribution in [0.5, 0.6) is 0 Å². The maximum Gasteiger partial charge on any atom is 0.278 e. The third-order valence-corrected chi connectivity index (χ3v) is 2.30. The lowest BCUT2D eigenvalue weighted by molar-refractivity contribution is 0.724. The summed E-state index contributed by atoms with van der Waals surface area (Å²) in [5, 5.41) is 0. The number of hydrogen-bond acceptors (Lipinski definition) is 5. The van der Waals surface area contributed by atoms with Gasteiger partial charge in [-0.05, 0) is 19.4 Å². The van der Waals surface area contributed by atoms with Crippen molar-refractivity contribution in [3.8, 4) is 0 Å². The van der Waals surface area contributed by atoms with Gasteiger partial charge < -0.3 is 16.5 Å². The molecule has 7 nitrogen and oxygen atoms in total. The fraction of sp³-hybridized carbons (Fsp3) is 0.444. The zero-order chi connectivity index (χ0) is 11.5. The first-order chi connectivity index (χ1) is 7.70. The molecule has 2 aromatic heterocycles. The van der Waals surface area contributed by atoms with Gasteiger partial charge in [-0.3, -0.25) is 9.78 Å². The quantitative estimate of drug-likeness (QED) is 0.519. The number of aromatic amines is 2. The molecule has 0 radical (unpaired) electrons. The molecular formula is C9H14N6O. The van der Waals surface area contributed by atoms with E-state index in [-0.39, 0.29) is 11.5 Å². The number of nitrogens with zero attached hydrogens (tertiary/aromatic N) is 2. The zero-order valence-corrected chi connectivity index (χ0v) is 8.79. The Bertz CT molecular complexity index is 542. The molecule has 0 fully saturated rings. The van der Waals surface area contributed by atoms with Crippen molar-refractivity contribution in [2.45, 2.75) is 19.3 Å². The summed E-state index contributed by atoms with van der Waals surface area (Å²) >= 11 is 0. The van der Waals surface area contributed by atoms with Crippen LogP contribution in [-0.2, 0) is 6.42 Å². The van der Waals surface area contributed by atoms with Crippen molar-refractivity contribution in [1.29, 1.82) is 0 Å². The van der Waals surface area contributed by atoms with Gasteiger partial charge in [-0.25, -0.2) is 4.98 Å². The van der Waals surface area contributed by atoms with Gasteiger partial charge in [0.15, 0.2) is 11.2 Å². The first-order valence-corrected chi connectivity index (χ1v) is 5.15. The van der Waals surface area contributed by atoms with Gasteiger partial charge in [0.2, 0.25) is 5.95 Å². The van der Waals surface area contributed by atoms with E-state index >= 15 is 0 Å². The van der Waals surface area contributed by atoms with Gasteiger partial charge in [0.05, 0.1) is 0 Å². The molecule has 0 bridgehead atoms. The van der Waals surface area contributed by atoms with Gasteiger partial charge >= 0.3 is 0 Å². The monoisotopic (exact) mass is 222 g/mol. The second kappa shape index (κ2) is 4.31. The van der Waals surface area contributed by atoms with Crippen LogP contribution in [0.25, 0.3) is 11.2 Å². The molecule has 86 valence electrons. The molecule has 0 spiro atoms. The largest absolute Gasteiger partial charge is 0.369 e. The Balaban J connectivity index is 2.29. The molecule has 0 atom stereocenters. The Labute approximate surface area is 91.3 Å². The van der Waals surface area contributed by atoms with E-state index in [0.717, 1.165) is 25.1 Å². The lowest BCUT2D eigenvalue weighted by atomic mass is 10.2. The molecule has 16 heavy (non-hydrogen) atoms. The number of nitrogens with one attached hydrogen (secondary N) is 2. The summed E-state index contributed by atoms with van der Waals surface area (Å²) in [4.78, 5) is 25.0. The number of nitrogen functional groups attached to an aromatic ring is 1. The highest BCUT2D eigenvalue weighted by Gasteiger charge is 2.07. The molecule has 0 saturated carbocycles. The number of rotatable bonds is 4. The van der Waals surface area contributed by atoms with Crippen LogP contribution in [0, 0.1) is 0 Å². The number of aryl methyl sites for hydroxylation is 1.